The number of hydrogen-bond donors (Lipinski definition) is 2. The Kier molecular flexibility index (Phi) is 3.58. The number of rotatable bonds is 4. The summed E-state index contributed by atoms with van der Waals surface area (Å²) < 4.78 is 0. The van der Waals surface area contributed by atoms with E-state index in [2.05, 4.69) is 0 Å². The molecule has 18 heavy (non-hydrogen) atoms. The quantitative estimate of drug-likeness (QED) is 0.503. The van der Waals surface area contributed by atoms with E-state index < -0.39 is 0 Å². The van der Waals surface area contributed by atoms with E-state index in [-0.39, 0.29) is 17.5 Å². The summed E-state index contributed by atoms with van der Waals surface area (Å²) in [5.41, 5.74) is 6.15. The van der Waals surface area contributed by atoms with E-state index in [9.17, 15) is 4.79 Å². The molecule has 92 valence electrons. The number of amidine groups is 1. The summed E-state index contributed by atoms with van der Waals surface area (Å²) >= 11 is 1.40. The van der Waals surface area contributed by atoms with Gasteiger partial charge in [0, 0.05) is 16.4 Å². The van der Waals surface area contributed by atoms with Gasteiger partial charge < -0.3 is 5.73 Å². The van der Waals surface area contributed by atoms with Gasteiger partial charge in [0.15, 0.2) is 0 Å². The van der Waals surface area contributed by atoms with Gasteiger partial charge in [-0.05, 0) is 12.1 Å². The third kappa shape index (κ3) is 2.49. The highest BCUT2D eigenvalue weighted by atomic mass is 32.1. The largest absolute Gasteiger partial charge is 0.387 e. The third-order valence-electron chi connectivity index (χ3n) is 2.78. The first-order valence-electron chi connectivity index (χ1n) is 5.63. The van der Waals surface area contributed by atoms with E-state index in [0.717, 1.165) is 4.88 Å². The number of nitrogens with two attached hydrogens (primary N) is 1. The van der Waals surface area contributed by atoms with Crippen molar-refractivity contribution in [1.29, 1.82) is 5.41 Å². The van der Waals surface area contributed by atoms with Crippen molar-refractivity contribution in [1.82, 2.24) is 0 Å². The summed E-state index contributed by atoms with van der Waals surface area (Å²) in [4.78, 5) is 13.8. The highest BCUT2D eigenvalue weighted by molar-refractivity contribution is 7.14. The van der Waals surface area contributed by atoms with Crippen molar-refractivity contribution in [3.05, 3.63) is 57.8 Å². The maximum atomic E-state index is 12.2. The van der Waals surface area contributed by atoms with Crippen molar-refractivity contribution >= 4 is 23.0 Å². The molecule has 0 aliphatic carbocycles. The van der Waals surface area contributed by atoms with Gasteiger partial charge in [-0.2, -0.15) is 0 Å². The van der Waals surface area contributed by atoms with Crippen LogP contribution >= 0.6 is 11.3 Å². The lowest BCUT2D eigenvalue weighted by Gasteiger charge is -2.05. The molecule has 1 aromatic carbocycles. The van der Waals surface area contributed by atoms with Crippen LogP contribution < -0.4 is 5.73 Å². The highest BCUT2D eigenvalue weighted by Gasteiger charge is 2.15. The highest BCUT2D eigenvalue weighted by Crippen LogP contribution is 2.26. The number of carbonyl (C=O) groups is 1. The minimum atomic E-state index is -0.132. The summed E-state index contributed by atoms with van der Waals surface area (Å²) in [6.07, 6.45) is 0. The van der Waals surface area contributed by atoms with E-state index in [4.69, 9.17) is 11.1 Å². The van der Waals surface area contributed by atoms with Gasteiger partial charge in [0.25, 0.3) is 0 Å². The second-order valence-electron chi connectivity index (χ2n) is 4.07. The zero-order chi connectivity index (χ0) is 13.1. The fraction of sp³-hybridized carbons (Fsp3) is 0.143. The fourth-order valence-electron chi connectivity index (χ4n) is 1.59. The number of ketones is 1. The van der Waals surface area contributed by atoms with Crippen molar-refractivity contribution in [2.45, 2.75) is 12.8 Å². The second kappa shape index (κ2) is 5.14. The minimum Gasteiger partial charge on any atom is -0.387 e. The second-order valence-corrected chi connectivity index (χ2v) is 5.19. The molecule has 3 nitrogen and oxygen atoms in total. The van der Waals surface area contributed by atoms with Gasteiger partial charge in [0.05, 0.1) is 10.7 Å². The van der Waals surface area contributed by atoms with Crippen LogP contribution in [0, 0.1) is 5.41 Å². The molecular weight excluding hydrogens is 244 g/mol. The Hall–Kier alpha value is -1.94. The van der Waals surface area contributed by atoms with Crippen molar-refractivity contribution in [3.8, 4) is 0 Å². The molecule has 1 aromatic heterocycles. The van der Waals surface area contributed by atoms with Crippen LogP contribution in [0.2, 0.25) is 0 Å². The first-order chi connectivity index (χ1) is 8.59. The Bertz CT molecular complexity index is 574. The predicted octanol–water partition coefficient (Wildman–Crippen LogP) is 3.02. The Morgan fingerprint density at radius 3 is 2.50 bits per heavy atom. The summed E-state index contributed by atoms with van der Waals surface area (Å²) in [6, 6.07) is 12.8. The third-order valence-corrected chi connectivity index (χ3v) is 4.05. The van der Waals surface area contributed by atoms with Crippen LogP contribution in [0.5, 0.6) is 0 Å². The first-order valence-corrected chi connectivity index (χ1v) is 6.44. The average Bonchev–Trinajstić information content (AvgIpc) is 2.87. The molecule has 0 aliphatic heterocycles. The van der Waals surface area contributed by atoms with Crippen LogP contribution in [-0.4, -0.2) is 11.6 Å². The molecule has 2 aromatic rings. The molecule has 0 amide bonds. The van der Waals surface area contributed by atoms with Gasteiger partial charge in [0.1, 0.15) is 0 Å². The average molecular weight is 258 g/mol. The number of thiophene rings is 1. The van der Waals surface area contributed by atoms with Crippen LogP contribution in [0.3, 0.4) is 0 Å². The van der Waals surface area contributed by atoms with Gasteiger partial charge in [-0.1, -0.05) is 37.3 Å². The van der Waals surface area contributed by atoms with Crippen LogP contribution in [0.1, 0.15) is 33.0 Å². The smallest absolute Gasteiger partial charge is 0.202 e. The van der Waals surface area contributed by atoms with Gasteiger partial charge in [0.2, 0.25) is 5.78 Å². The Balaban J connectivity index is 2.26. The SMILES string of the molecule is CC(C(=N)N)c1ccc(C(=O)c2ccccc2)s1. The van der Waals surface area contributed by atoms with Crippen LogP contribution in [0.4, 0.5) is 0 Å². The zero-order valence-corrected chi connectivity index (χ0v) is 10.8. The number of benzene rings is 1. The van der Waals surface area contributed by atoms with E-state index in [0.29, 0.717) is 10.4 Å². The molecule has 1 atom stereocenters. The molecule has 0 aliphatic rings. The molecule has 1 heterocycles. The molecule has 4 heteroatoms. The molecule has 0 radical (unpaired) electrons. The Labute approximate surface area is 110 Å². The number of carbonyl (C=O) groups excluding carboxylic acids is 1. The van der Waals surface area contributed by atoms with Crippen molar-refractivity contribution in [2.24, 2.45) is 5.73 Å². The zero-order valence-electron chi connectivity index (χ0n) is 10.0. The van der Waals surface area contributed by atoms with Crippen LogP contribution in [0.15, 0.2) is 42.5 Å². The van der Waals surface area contributed by atoms with Crippen molar-refractivity contribution < 1.29 is 4.79 Å². The lowest BCUT2D eigenvalue weighted by atomic mass is 10.1. The van der Waals surface area contributed by atoms with Gasteiger partial charge in [-0.15, -0.1) is 11.3 Å². The topological polar surface area (TPSA) is 66.9 Å². The summed E-state index contributed by atoms with van der Waals surface area (Å²) in [5, 5.41) is 7.42. The molecule has 0 bridgehead atoms. The van der Waals surface area contributed by atoms with E-state index >= 15 is 0 Å². The van der Waals surface area contributed by atoms with Crippen LogP contribution in [-0.2, 0) is 0 Å². The maximum absolute atomic E-state index is 12.2. The summed E-state index contributed by atoms with van der Waals surface area (Å²) in [5.74, 6) is 0.00508. The maximum Gasteiger partial charge on any atom is 0.202 e. The molecule has 0 saturated heterocycles. The van der Waals surface area contributed by atoms with Gasteiger partial charge in [-0.3, -0.25) is 10.2 Å². The molecule has 0 fully saturated rings. The summed E-state index contributed by atoms with van der Waals surface area (Å²) in [7, 11) is 0. The first kappa shape index (κ1) is 12.5. The minimum absolute atomic E-state index is 0.0163. The van der Waals surface area contributed by atoms with Gasteiger partial charge >= 0.3 is 0 Å². The fourth-order valence-corrected chi connectivity index (χ4v) is 2.63. The summed E-state index contributed by atoms with van der Waals surface area (Å²) in [6.45, 7) is 1.87. The molecule has 0 saturated carbocycles. The lowest BCUT2D eigenvalue weighted by molar-refractivity contribution is 0.104. The van der Waals surface area contributed by atoms with Crippen LogP contribution in [0.25, 0.3) is 0 Å². The standard InChI is InChI=1S/C14H14N2OS/c1-9(14(15)16)11-7-8-12(18-11)13(17)10-5-3-2-4-6-10/h2-9H,1H3,(H3,15,16). The van der Waals surface area contributed by atoms with E-state index in [1.54, 1.807) is 18.2 Å². The van der Waals surface area contributed by atoms with E-state index in [1.807, 2.05) is 31.2 Å². The predicted molar refractivity (Wildman–Crippen MR) is 74.5 cm³/mol. The Morgan fingerprint density at radius 1 is 1.22 bits per heavy atom. The number of nitrogens with one attached hydrogen (secondary N) is 1. The lowest BCUT2D eigenvalue weighted by Crippen LogP contribution is -2.16. The Morgan fingerprint density at radius 2 is 1.89 bits per heavy atom. The number of hydrogen-bond acceptors (Lipinski definition) is 3. The molecule has 0 spiro atoms. The molecule has 1 unspecified atom stereocenters. The normalized spacial score (nSPS) is 12.1. The van der Waals surface area contributed by atoms with Gasteiger partial charge in [-0.25, -0.2) is 0 Å². The molecule has 2 rings (SSSR count). The van der Waals surface area contributed by atoms with Crippen molar-refractivity contribution in [3.63, 3.8) is 0 Å². The van der Waals surface area contributed by atoms with Crippen molar-refractivity contribution in [2.75, 3.05) is 0 Å². The molecular formula is C14H14N2OS. The monoisotopic (exact) mass is 258 g/mol. The molecule has 3 N–H and O–H groups in total. The van der Waals surface area contributed by atoms with E-state index in [1.165, 1.54) is 11.3 Å².